The molecule has 2 fully saturated rings. The van der Waals surface area contributed by atoms with Crippen LogP contribution in [0.25, 0.3) is 0 Å². The Bertz CT molecular complexity index is 406. The highest BCUT2D eigenvalue weighted by molar-refractivity contribution is 5.30. The van der Waals surface area contributed by atoms with Gasteiger partial charge in [-0.3, -0.25) is 0 Å². The van der Waals surface area contributed by atoms with Crippen molar-refractivity contribution in [2.75, 3.05) is 19.6 Å². The Morgan fingerprint density at radius 2 is 1.65 bits per heavy atom. The van der Waals surface area contributed by atoms with Crippen molar-refractivity contribution < 1.29 is 0 Å². The second kappa shape index (κ2) is 6.98. The smallest absolute Gasteiger partial charge is 0.00102 e. The molecule has 0 spiro atoms. The lowest BCUT2D eigenvalue weighted by Gasteiger charge is -2.43. The Balaban J connectivity index is 0.000000704. The van der Waals surface area contributed by atoms with Crippen LogP contribution in [-0.2, 0) is 5.41 Å². The van der Waals surface area contributed by atoms with E-state index in [1.54, 1.807) is 5.56 Å². The Morgan fingerprint density at radius 1 is 1.05 bits per heavy atom. The summed E-state index contributed by atoms with van der Waals surface area (Å²) in [4.78, 5) is 10.2. The van der Waals surface area contributed by atoms with Crippen molar-refractivity contribution in [1.82, 2.24) is 4.90 Å². The van der Waals surface area contributed by atoms with Crippen LogP contribution >= 0.6 is 0 Å². The zero-order valence-electron chi connectivity index (χ0n) is 12.5. The minimum absolute atomic E-state index is 0.524. The second-order valence-electron chi connectivity index (χ2n) is 6.30. The molecule has 1 heterocycles. The van der Waals surface area contributed by atoms with Crippen LogP contribution in [0.15, 0.2) is 24.3 Å². The molecule has 0 radical (unpaired) electrons. The third kappa shape index (κ3) is 3.26. The van der Waals surface area contributed by atoms with Crippen LogP contribution in [0.2, 0.25) is 0 Å². The lowest BCUT2D eigenvalue weighted by Crippen LogP contribution is -2.38. The predicted octanol–water partition coefficient (Wildman–Crippen LogP) is 4.23. The average Bonchev–Trinajstić information content (AvgIpc) is 2.95. The van der Waals surface area contributed by atoms with Crippen molar-refractivity contribution in [1.29, 1.82) is 5.59 Å². The third-order valence-electron chi connectivity index (χ3n) is 5.08. The topological polar surface area (TPSA) is 44.2 Å². The van der Waals surface area contributed by atoms with Gasteiger partial charge >= 0.3 is 0 Å². The number of nitrogens with one attached hydrogen (secondary N) is 1. The summed E-state index contributed by atoms with van der Waals surface area (Å²) in [5.74, 6) is 0. The van der Waals surface area contributed by atoms with Crippen molar-refractivity contribution in [2.24, 2.45) is 0 Å². The van der Waals surface area contributed by atoms with E-state index >= 15 is 0 Å². The molecular formula is C17H26N2O. The van der Waals surface area contributed by atoms with Crippen molar-refractivity contribution in [2.45, 2.75) is 50.9 Å². The van der Waals surface area contributed by atoms with E-state index in [0.717, 1.165) is 0 Å². The minimum Gasteiger partial charge on any atom is -0.303 e. The molecule has 0 aromatic heterocycles. The van der Waals surface area contributed by atoms with E-state index in [1.165, 1.54) is 63.7 Å². The molecule has 1 N–H and O–H groups in total. The molecule has 110 valence electrons. The van der Waals surface area contributed by atoms with Crippen LogP contribution in [-0.4, -0.2) is 24.5 Å². The van der Waals surface area contributed by atoms with Crippen LogP contribution in [0.1, 0.15) is 49.7 Å². The summed E-state index contributed by atoms with van der Waals surface area (Å²) in [6.07, 6.45) is 8.44. The number of rotatable bonds is 4. The molecule has 3 heteroatoms. The fourth-order valence-corrected chi connectivity index (χ4v) is 3.57. The first-order valence-electron chi connectivity index (χ1n) is 7.78. The van der Waals surface area contributed by atoms with E-state index in [4.69, 9.17) is 4.91 Å². The van der Waals surface area contributed by atoms with Crippen LogP contribution in [0.3, 0.4) is 0 Å². The van der Waals surface area contributed by atoms with Gasteiger partial charge in [-0.15, -0.1) is 0 Å². The van der Waals surface area contributed by atoms with Gasteiger partial charge in [-0.2, -0.15) is 4.91 Å². The monoisotopic (exact) mass is 274 g/mol. The van der Waals surface area contributed by atoms with Crippen LogP contribution in [0.5, 0.6) is 0 Å². The van der Waals surface area contributed by atoms with Gasteiger partial charge in [0.05, 0.1) is 0 Å². The summed E-state index contributed by atoms with van der Waals surface area (Å²) in [5, 5.41) is 0. The lowest BCUT2D eigenvalue weighted by atomic mass is 9.62. The van der Waals surface area contributed by atoms with E-state index in [-0.39, 0.29) is 0 Å². The predicted molar refractivity (Wildman–Crippen MR) is 83.1 cm³/mol. The number of benzene rings is 1. The molecule has 1 saturated heterocycles. The van der Waals surface area contributed by atoms with Gasteiger partial charge in [0.1, 0.15) is 0 Å². The normalized spacial score (nSPS) is 20.9. The Morgan fingerprint density at radius 3 is 2.15 bits per heavy atom. The first kappa shape index (κ1) is 15.2. The summed E-state index contributed by atoms with van der Waals surface area (Å²) < 4.78 is 0. The Hall–Kier alpha value is -1.22. The molecule has 2 aliphatic rings. The van der Waals surface area contributed by atoms with Gasteiger partial charge in [0.2, 0.25) is 0 Å². The Labute approximate surface area is 122 Å². The molecule has 1 aliphatic carbocycles. The van der Waals surface area contributed by atoms with Crippen LogP contribution in [0, 0.1) is 17.4 Å². The van der Waals surface area contributed by atoms with Crippen LogP contribution < -0.4 is 0 Å². The minimum atomic E-state index is 0.524. The lowest BCUT2D eigenvalue weighted by molar-refractivity contribution is 0.190. The second-order valence-corrected chi connectivity index (χ2v) is 6.30. The maximum atomic E-state index is 7.50. The first-order chi connectivity index (χ1) is 9.78. The van der Waals surface area contributed by atoms with Crippen molar-refractivity contribution in [3.63, 3.8) is 0 Å². The summed E-state index contributed by atoms with van der Waals surface area (Å²) in [6.45, 7) is 6.17. The number of nitrogens with zero attached hydrogens (tertiary/aromatic N) is 1. The summed E-state index contributed by atoms with van der Waals surface area (Å²) in [6, 6.07) is 9.31. The number of hydrogen-bond acceptors (Lipinski definition) is 3. The summed E-state index contributed by atoms with van der Waals surface area (Å²) >= 11 is 0. The van der Waals surface area contributed by atoms with E-state index in [2.05, 4.69) is 41.7 Å². The molecular weight excluding hydrogens is 248 g/mol. The number of nitroso groups, excluding NO2 is 1. The van der Waals surface area contributed by atoms with Gasteiger partial charge in [-0.1, -0.05) is 41.8 Å². The molecule has 1 aromatic carbocycles. The third-order valence-corrected chi connectivity index (χ3v) is 5.08. The van der Waals surface area contributed by atoms with Gasteiger partial charge in [0.25, 0.3) is 0 Å². The zero-order valence-corrected chi connectivity index (χ0v) is 12.5. The van der Waals surface area contributed by atoms with Crippen molar-refractivity contribution in [3.05, 3.63) is 40.3 Å². The highest BCUT2D eigenvalue weighted by Crippen LogP contribution is 2.46. The van der Waals surface area contributed by atoms with E-state index in [1.807, 2.05) is 0 Å². The molecule has 0 bridgehead atoms. The largest absolute Gasteiger partial charge is 0.303 e. The first-order valence-corrected chi connectivity index (χ1v) is 7.78. The number of likely N-dealkylation sites (tertiary alicyclic amines) is 1. The zero-order chi connectivity index (χ0) is 14.4. The number of aryl methyl sites for hydroxylation is 1. The summed E-state index contributed by atoms with van der Waals surface area (Å²) in [7, 11) is 0. The summed E-state index contributed by atoms with van der Waals surface area (Å²) in [5.41, 5.74) is 8.00. The fraction of sp³-hybridized carbons (Fsp3) is 0.647. The number of hydrogen-bond donors (Lipinski definition) is 1. The van der Waals surface area contributed by atoms with Crippen LogP contribution in [0.4, 0.5) is 0 Å². The molecule has 1 saturated carbocycles. The van der Waals surface area contributed by atoms with Gasteiger partial charge in [-0.05, 0) is 69.6 Å². The van der Waals surface area contributed by atoms with Gasteiger partial charge in [0, 0.05) is 0 Å². The SMILES string of the molecule is Cc1ccc(C2(CCN3CCCC3)CCC2)cc1.N=O. The molecule has 1 aliphatic heterocycles. The van der Waals surface area contributed by atoms with Crippen molar-refractivity contribution >= 4 is 0 Å². The molecule has 3 rings (SSSR count). The van der Waals surface area contributed by atoms with Gasteiger partial charge in [0.15, 0.2) is 0 Å². The molecule has 0 unspecified atom stereocenters. The molecule has 0 amide bonds. The van der Waals surface area contributed by atoms with E-state index in [0.29, 0.717) is 5.41 Å². The van der Waals surface area contributed by atoms with E-state index < -0.39 is 0 Å². The molecule has 1 aromatic rings. The molecule has 0 atom stereocenters. The molecule has 3 nitrogen and oxygen atoms in total. The Kier molecular flexibility index (Phi) is 5.30. The maximum Gasteiger partial charge on any atom is -0.00102 e. The fourth-order valence-electron chi connectivity index (χ4n) is 3.57. The van der Waals surface area contributed by atoms with Crippen molar-refractivity contribution in [3.8, 4) is 0 Å². The van der Waals surface area contributed by atoms with E-state index in [9.17, 15) is 0 Å². The van der Waals surface area contributed by atoms with Gasteiger partial charge < -0.3 is 4.90 Å². The maximum absolute atomic E-state index is 7.50. The molecule has 20 heavy (non-hydrogen) atoms. The standard InChI is InChI=1S/C17H25N.HNO/c1-15-5-7-16(8-6-15)17(9-4-10-17)11-14-18-12-2-3-13-18;1-2/h5-8H,2-4,9-14H2,1H3;1H. The highest BCUT2D eigenvalue weighted by atomic mass is 16.2. The average molecular weight is 274 g/mol. The highest BCUT2D eigenvalue weighted by Gasteiger charge is 2.38. The quantitative estimate of drug-likeness (QED) is 0.835. The van der Waals surface area contributed by atoms with Gasteiger partial charge in [-0.25, -0.2) is 0 Å².